The first-order chi connectivity index (χ1) is 8.92. The predicted molar refractivity (Wildman–Crippen MR) is 70.4 cm³/mol. The van der Waals surface area contributed by atoms with Crippen LogP contribution in [0.3, 0.4) is 0 Å². The molecule has 0 atom stereocenters. The van der Waals surface area contributed by atoms with Gasteiger partial charge in [0.25, 0.3) is 0 Å². The van der Waals surface area contributed by atoms with E-state index in [0.717, 1.165) is 18.4 Å². The minimum absolute atomic E-state index is 0.287. The molecule has 0 radical (unpaired) electrons. The van der Waals surface area contributed by atoms with E-state index in [-0.39, 0.29) is 5.56 Å². The molecule has 2 rings (SSSR count). The summed E-state index contributed by atoms with van der Waals surface area (Å²) in [6.07, 6.45) is 3.03. The summed E-state index contributed by atoms with van der Waals surface area (Å²) in [6, 6.07) is 6.92. The fourth-order valence-electron chi connectivity index (χ4n) is 2.70. The summed E-state index contributed by atoms with van der Waals surface area (Å²) >= 11 is 0. The highest BCUT2D eigenvalue weighted by atomic mass is 16.4. The number of rotatable bonds is 3. The van der Waals surface area contributed by atoms with E-state index in [1.807, 2.05) is 12.1 Å². The summed E-state index contributed by atoms with van der Waals surface area (Å²) in [5.41, 5.74) is 0.796. The van der Waals surface area contributed by atoms with Crippen molar-refractivity contribution in [1.82, 2.24) is 0 Å². The third-order valence-corrected chi connectivity index (χ3v) is 4.23. The molecule has 102 valence electrons. The fourth-order valence-corrected chi connectivity index (χ4v) is 2.70. The number of aliphatic carboxylic acids is 1. The van der Waals surface area contributed by atoms with Crippen molar-refractivity contribution in [2.45, 2.75) is 38.5 Å². The van der Waals surface area contributed by atoms with Crippen molar-refractivity contribution in [3.05, 3.63) is 35.4 Å². The third-order valence-electron chi connectivity index (χ3n) is 4.23. The molecule has 1 aromatic rings. The topological polar surface area (TPSA) is 74.6 Å². The Morgan fingerprint density at radius 3 is 2.05 bits per heavy atom. The molecule has 4 heteroatoms. The van der Waals surface area contributed by atoms with Crippen molar-refractivity contribution in [2.75, 3.05) is 0 Å². The first kappa shape index (κ1) is 13.6. The highest BCUT2D eigenvalue weighted by Crippen LogP contribution is 2.42. The molecule has 0 spiro atoms. The van der Waals surface area contributed by atoms with Crippen LogP contribution in [0.1, 0.15) is 54.4 Å². The molecule has 0 amide bonds. The summed E-state index contributed by atoms with van der Waals surface area (Å²) < 4.78 is 0. The van der Waals surface area contributed by atoms with Crippen LogP contribution in [-0.4, -0.2) is 22.2 Å². The van der Waals surface area contributed by atoms with Gasteiger partial charge in [-0.1, -0.05) is 12.1 Å². The molecular formula is C15H18O4. The maximum Gasteiger partial charge on any atom is 0.335 e. The second-order valence-electron chi connectivity index (χ2n) is 5.57. The Balaban J connectivity index is 2.05. The second kappa shape index (κ2) is 5.03. The molecule has 0 saturated heterocycles. The minimum atomic E-state index is -0.923. The Morgan fingerprint density at radius 1 is 1.11 bits per heavy atom. The van der Waals surface area contributed by atoms with Crippen molar-refractivity contribution in [3.8, 4) is 0 Å². The van der Waals surface area contributed by atoms with Crippen LogP contribution >= 0.6 is 0 Å². The number of hydrogen-bond acceptors (Lipinski definition) is 2. The van der Waals surface area contributed by atoms with Crippen molar-refractivity contribution < 1.29 is 19.8 Å². The number of carbonyl (C=O) groups is 2. The van der Waals surface area contributed by atoms with E-state index in [2.05, 4.69) is 0 Å². The molecule has 0 unspecified atom stereocenters. The first-order valence-corrected chi connectivity index (χ1v) is 6.49. The summed E-state index contributed by atoms with van der Waals surface area (Å²) in [6.45, 7) is 1.80. The zero-order valence-corrected chi connectivity index (χ0v) is 10.9. The van der Waals surface area contributed by atoms with Crippen molar-refractivity contribution in [1.29, 1.82) is 0 Å². The van der Waals surface area contributed by atoms with Gasteiger partial charge in [-0.05, 0) is 56.2 Å². The normalized spacial score (nSPS) is 26.9. The van der Waals surface area contributed by atoms with Gasteiger partial charge in [-0.2, -0.15) is 0 Å². The quantitative estimate of drug-likeness (QED) is 0.877. The molecule has 2 N–H and O–H groups in total. The zero-order chi connectivity index (χ0) is 14.0. The van der Waals surface area contributed by atoms with Crippen LogP contribution in [0.4, 0.5) is 0 Å². The van der Waals surface area contributed by atoms with Crippen LogP contribution in [0, 0.1) is 5.41 Å². The van der Waals surface area contributed by atoms with Crippen LogP contribution in [0.25, 0.3) is 0 Å². The smallest absolute Gasteiger partial charge is 0.335 e. The summed E-state index contributed by atoms with van der Waals surface area (Å²) in [7, 11) is 0. The summed E-state index contributed by atoms with van der Waals surface area (Å²) in [5.74, 6) is -1.30. The van der Waals surface area contributed by atoms with Crippen LogP contribution in [0.15, 0.2) is 24.3 Å². The molecule has 19 heavy (non-hydrogen) atoms. The zero-order valence-electron chi connectivity index (χ0n) is 10.9. The van der Waals surface area contributed by atoms with E-state index < -0.39 is 17.4 Å². The van der Waals surface area contributed by atoms with E-state index >= 15 is 0 Å². The van der Waals surface area contributed by atoms with E-state index in [1.54, 1.807) is 19.1 Å². The van der Waals surface area contributed by atoms with Gasteiger partial charge in [0.1, 0.15) is 0 Å². The van der Waals surface area contributed by atoms with E-state index in [1.165, 1.54) is 0 Å². The molecule has 1 aliphatic carbocycles. The number of carboxylic acids is 2. The number of carboxylic acid groups (broad SMARTS) is 2. The number of hydrogen-bond donors (Lipinski definition) is 2. The lowest BCUT2D eigenvalue weighted by atomic mass is 9.70. The average molecular weight is 262 g/mol. The van der Waals surface area contributed by atoms with E-state index in [0.29, 0.717) is 18.8 Å². The third kappa shape index (κ3) is 2.78. The van der Waals surface area contributed by atoms with E-state index in [4.69, 9.17) is 5.11 Å². The fraction of sp³-hybridized carbons (Fsp3) is 0.467. The number of aromatic carboxylic acids is 1. The van der Waals surface area contributed by atoms with Gasteiger partial charge >= 0.3 is 11.9 Å². The minimum Gasteiger partial charge on any atom is -0.481 e. The van der Waals surface area contributed by atoms with Crippen molar-refractivity contribution >= 4 is 11.9 Å². The number of benzene rings is 1. The maximum absolute atomic E-state index is 11.2. The largest absolute Gasteiger partial charge is 0.481 e. The monoisotopic (exact) mass is 262 g/mol. The van der Waals surface area contributed by atoms with Gasteiger partial charge in [0.05, 0.1) is 11.0 Å². The highest BCUT2D eigenvalue weighted by molar-refractivity contribution is 5.87. The Hall–Kier alpha value is -1.84. The predicted octanol–water partition coefficient (Wildman–Crippen LogP) is 3.13. The van der Waals surface area contributed by atoms with Gasteiger partial charge in [0, 0.05) is 0 Å². The molecule has 0 aromatic heterocycles. The van der Waals surface area contributed by atoms with Gasteiger partial charge in [-0.3, -0.25) is 4.79 Å². The SMILES string of the molecule is CC1(C(=O)O)CCC(c2ccc(C(=O)O)cc2)CC1. The maximum atomic E-state index is 11.2. The lowest BCUT2D eigenvalue weighted by Crippen LogP contribution is -2.31. The van der Waals surface area contributed by atoms with Gasteiger partial charge in [0.15, 0.2) is 0 Å². The van der Waals surface area contributed by atoms with Gasteiger partial charge < -0.3 is 10.2 Å². The Bertz CT molecular complexity index is 481. The van der Waals surface area contributed by atoms with Crippen LogP contribution in [-0.2, 0) is 4.79 Å². The van der Waals surface area contributed by atoms with Crippen LogP contribution < -0.4 is 0 Å². The molecule has 1 aromatic carbocycles. The van der Waals surface area contributed by atoms with Gasteiger partial charge in [-0.15, -0.1) is 0 Å². The summed E-state index contributed by atoms with van der Waals surface area (Å²) in [5, 5.41) is 18.0. The molecule has 1 saturated carbocycles. The molecule has 4 nitrogen and oxygen atoms in total. The van der Waals surface area contributed by atoms with Crippen molar-refractivity contribution in [2.24, 2.45) is 5.41 Å². The summed E-state index contributed by atoms with van der Waals surface area (Å²) in [4.78, 5) is 22.0. The van der Waals surface area contributed by atoms with Crippen LogP contribution in [0.5, 0.6) is 0 Å². The van der Waals surface area contributed by atoms with Crippen LogP contribution in [0.2, 0.25) is 0 Å². The Kier molecular flexibility index (Phi) is 3.60. The molecule has 1 aliphatic rings. The first-order valence-electron chi connectivity index (χ1n) is 6.49. The standard InChI is InChI=1S/C15H18O4/c1-15(14(18)19)8-6-11(7-9-15)10-2-4-12(5-3-10)13(16)17/h2-5,11H,6-9H2,1H3,(H,16,17)(H,18,19). The molecule has 0 bridgehead atoms. The average Bonchev–Trinajstić information content (AvgIpc) is 2.39. The van der Waals surface area contributed by atoms with E-state index in [9.17, 15) is 14.7 Å². The molecular weight excluding hydrogens is 244 g/mol. The Labute approximate surface area is 112 Å². The van der Waals surface area contributed by atoms with Gasteiger partial charge in [-0.25, -0.2) is 4.79 Å². The Morgan fingerprint density at radius 2 is 1.63 bits per heavy atom. The molecule has 0 aliphatic heterocycles. The second-order valence-corrected chi connectivity index (χ2v) is 5.57. The molecule has 1 fully saturated rings. The lowest BCUT2D eigenvalue weighted by Gasteiger charge is -2.34. The van der Waals surface area contributed by atoms with Gasteiger partial charge in [0.2, 0.25) is 0 Å². The van der Waals surface area contributed by atoms with Crippen molar-refractivity contribution in [3.63, 3.8) is 0 Å². The lowest BCUT2D eigenvalue weighted by molar-refractivity contribution is -0.149. The highest BCUT2D eigenvalue weighted by Gasteiger charge is 2.37. The molecule has 0 heterocycles.